The van der Waals surface area contributed by atoms with Gasteiger partial charge in [-0.2, -0.15) is 0 Å². The Balaban J connectivity index is 1.55. The second-order valence-corrected chi connectivity index (χ2v) is 18.9. The molecule has 0 bridgehead atoms. The van der Waals surface area contributed by atoms with Gasteiger partial charge in [-0.05, 0) is 75.0 Å². The summed E-state index contributed by atoms with van der Waals surface area (Å²) >= 11 is 0. The van der Waals surface area contributed by atoms with Crippen molar-refractivity contribution in [3.05, 3.63) is 0 Å². The lowest BCUT2D eigenvalue weighted by Crippen LogP contribution is -2.61. The number of nitrogens with zero attached hydrogens (tertiary/aromatic N) is 1. The number of Topliss-reactive ketones (excluding diaryl/α,β-unsaturated/α-hetero) is 1. The van der Waals surface area contributed by atoms with Crippen LogP contribution in [0.25, 0.3) is 0 Å². The van der Waals surface area contributed by atoms with E-state index in [1.165, 1.54) is 0 Å². The zero-order valence-corrected chi connectivity index (χ0v) is 29.4. The average molecular weight is 666 g/mol. The maximum Gasteiger partial charge on any atom is 0.315 e. The number of carbonyl (C=O) groups excluding carboxylic acids is 5. The molecule has 12 nitrogen and oxygen atoms in total. The molecular formula is C33H55N5O7S. The van der Waals surface area contributed by atoms with Crippen molar-refractivity contribution in [3.8, 4) is 0 Å². The van der Waals surface area contributed by atoms with Crippen LogP contribution in [0, 0.1) is 35.0 Å². The molecule has 0 spiro atoms. The van der Waals surface area contributed by atoms with E-state index < -0.39 is 62.4 Å². The van der Waals surface area contributed by atoms with Gasteiger partial charge in [0.1, 0.15) is 12.1 Å². The third kappa shape index (κ3) is 7.87. The van der Waals surface area contributed by atoms with Gasteiger partial charge in [0.25, 0.3) is 5.91 Å². The Morgan fingerprint density at radius 1 is 0.935 bits per heavy atom. The number of primary amides is 1. The number of likely N-dealkylation sites (tertiary alicyclic amines) is 1. The maximum absolute atomic E-state index is 14.4. The van der Waals surface area contributed by atoms with Crippen LogP contribution in [-0.2, 0) is 29.0 Å². The number of rotatable bonds is 13. The summed E-state index contributed by atoms with van der Waals surface area (Å²) in [5, 5.41) is 8.53. The van der Waals surface area contributed by atoms with Crippen LogP contribution in [0.4, 0.5) is 4.79 Å². The molecule has 260 valence electrons. The van der Waals surface area contributed by atoms with E-state index in [9.17, 15) is 32.4 Å². The number of urea groups is 1. The number of nitrogens with two attached hydrogens (primary N) is 1. The fourth-order valence-corrected chi connectivity index (χ4v) is 8.87. The van der Waals surface area contributed by atoms with E-state index >= 15 is 0 Å². The third-order valence-electron chi connectivity index (χ3n) is 11.0. The van der Waals surface area contributed by atoms with Gasteiger partial charge in [0, 0.05) is 12.6 Å². The minimum absolute atomic E-state index is 0.0784. The first-order valence-electron chi connectivity index (χ1n) is 17.0. The first-order chi connectivity index (χ1) is 21.3. The van der Waals surface area contributed by atoms with Crippen LogP contribution in [-0.4, -0.2) is 84.1 Å². The molecule has 5 N–H and O–H groups in total. The molecule has 0 aromatic heterocycles. The van der Waals surface area contributed by atoms with Crippen LogP contribution in [0.3, 0.4) is 0 Å². The van der Waals surface area contributed by atoms with Crippen molar-refractivity contribution in [1.29, 1.82) is 0 Å². The molecule has 1 aliphatic heterocycles. The van der Waals surface area contributed by atoms with Crippen molar-refractivity contribution in [1.82, 2.24) is 20.9 Å². The molecule has 3 aliphatic carbocycles. The smallest absolute Gasteiger partial charge is 0.315 e. The average Bonchev–Trinajstić information content (AvgIpc) is 3.81. The largest absolute Gasteiger partial charge is 0.363 e. The Bertz CT molecular complexity index is 1310. The second kappa shape index (κ2) is 13.4. The zero-order chi connectivity index (χ0) is 34.4. The predicted octanol–water partition coefficient (Wildman–Crippen LogP) is 2.29. The number of carbonyl (C=O) groups is 5. The Morgan fingerprint density at radius 3 is 2.07 bits per heavy atom. The van der Waals surface area contributed by atoms with Gasteiger partial charge in [0.2, 0.25) is 17.6 Å². The molecule has 1 heterocycles. The zero-order valence-electron chi connectivity index (χ0n) is 28.6. The highest BCUT2D eigenvalue weighted by atomic mass is 32.2. The van der Waals surface area contributed by atoms with Gasteiger partial charge in [-0.15, -0.1) is 0 Å². The van der Waals surface area contributed by atoms with E-state index in [1.54, 1.807) is 25.7 Å². The fraction of sp³-hybridized carbons (Fsp3) is 0.848. The van der Waals surface area contributed by atoms with Crippen LogP contribution < -0.4 is 21.7 Å². The normalized spacial score (nSPS) is 26.4. The van der Waals surface area contributed by atoms with E-state index in [-0.39, 0.29) is 46.7 Å². The maximum atomic E-state index is 14.4. The van der Waals surface area contributed by atoms with Gasteiger partial charge in [-0.25, -0.2) is 13.2 Å². The molecule has 4 aliphatic rings. The number of sulfone groups is 1. The van der Waals surface area contributed by atoms with Gasteiger partial charge in [-0.1, -0.05) is 59.8 Å². The van der Waals surface area contributed by atoms with E-state index in [2.05, 4.69) is 29.8 Å². The van der Waals surface area contributed by atoms with Gasteiger partial charge < -0.3 is 26.6 Å². The Hall–Kier alpha value is -2.70. The van der Waals surface area contributed by atoms with Gasteiger partial charge in [-0.3, -0.25) is 19.2 Å². The van der Waals surface area contributed by atoms with Gasteiger partial charge >= 0.3 is 6.03 Å². The summed E-state index contributed by atoms with van der Waals surface area (Å²) in [4.78, 5) is 67.8. The minimum atomic E-state index is -3.54. The van der Waals surface area contributed by atoms with E-state index in [0.717, 1.165) is 44.9 Å². The SMILES string of the molecule is CC(C)[C@@H](CS(=O)(=O)C(C)(C)C)NC(=O)N[C@H](C(=O)N1CC2[C@H](C1C(=O)NC(CC1CC1)C(=O)C(N)=O)C2(C)C)C1CCCCC1. The quantitative estimate of drug-likeness (QED) is 0.218. The topological polar surface area (TPSA) is 185 Å². The van der Waals surface area contributed by atoms with Crippen LogP contribution >= 0.6 is 0 Å². The second-order valence-electron chi connectivity index (χ2n) is 16.1. The van der Waals surface area contributed by atoms with Crippen molar-refractivity contribution >= 4 is 39.4 Å². The number of hydrogen-bond acceptors (Lipinski definition) is 7. The van der Waals surface area contributed by atoms with Crippen molar-refractivity contribution in [2.24, 2.45) is 40.7 Å². The molecule has 4 fully saturated rings. The molecule has 0 radical (unpaired) electrons. The Kier molecular flexibility index (Phi) is 10.6. The Labute approximate surface area is 274 Å². The lowest BCUT2D eigenvalue weighted by atomic mass is 9.83. The van der Waals surface area contributed by atoms with Gasteiger partial charge in [0.15, 0.2) is 9.84 Å². The number of nitrogens with one attached hydrogen (secondary N) is 3. The van der Waals surface area contributed by atoms with Crippen LogP contribution in [0.1, 0.15) is 99.8 Å². The third-order valence-corrected chi connectivity index (χ3v) is 13.7. The van der Waals surface area contributed by atoms with E-state index in [4.69, 9.17) is 5.73 Å². The van der Waals surface area contributed by atoms with Crippen molar-refractivity contribution in [3.63, 3.8) is 0 Å². The number of ketones is 1. The van der Waals surface area contributed by atoms with E-state index in [0.29, 0.717) is 13.0 Å². The van der Waals surface area contributed by atoms with Crippen LogP contribution in [0.15, 0.2) is 0 Å². The lowest BCUT2D eigenvalue weighted by Gasteiger charge is -2.37. The predicted molar refractivity (Wildman–Crippen MR) is 174 cm³/mol. The summed E-state index contributed by atoms with van der Waals surface area (Å²) in [5.74, 6) is -3.14. The summed E-state index contributed by atoms with van der Waals surface area (Å²) in [6.45, 7) is 13.0. The van der Waals surface area contributed by atoms with Crippen LogP contribution in [0.2, 0.25) is 0 Å². The first kappa shape index (κ1) is 36.1. The highest BCUT2D eigenvalue weighted by molar-refractivity contribution is 7.92. The number of amides is 5. The van der Waals surface area contributed by atoms with Crippen molar-refractivity contribution < 1.29 is 32.4 Å². The fourth-order valence-electron chi connectivity index (χ4n) is 7.43. The highest BCUT2D eigenvalue weighted by Crippen LogP contribution is 2.65. The number of piperidine rings is 1. The lowest BCUT2D eigenvalue weighted by molar-refractivity contribution is -0.144. The number of fused-ring (bicyclic) bond motifs is 1. The Morgan fingerprint density at radius 2 is 1.54 bits per heavy atom. The molecule has 6 atom stereocenters. The summed E-state index contributed by atoms with van der Waals surface area (Å²) in [6, 6.07) is -4.08. The van der Waals surface area contributed by atoms with Gasteiger partial charge in [0.05, 0.1) is 16.5 Å². The highest BCUT2D eigenvalue weighted by Gasteiger charge is 2.69. The first-order valence-corrected chi connectivity index (χ1v) is 18.6. The molecule has 3 saturated carbocycles. The molecule has 46 heavy (non-hydrogen) atoms. The van der Waals surface area contributed by atoms with Crippen molar-refractivity contribution in [2.45, 2.75) is 129 Å². The summed E-state index contributed by atoms with van der Waals surface area (Å²) in [5.41, 5.74) is 5.12. The molecular weight excluding hydrogens is 610 g/mol. The monoisotopic (exact) mass is 665 g/mol. The van der Waals surface area contributed by atoms with E-state index in [1.807, 2.05) is 13.8 Å². The van der Waals surface area contributed by atoms with Crippen LogP contribution in [0.5, 0.6) is 0 Å². The number of hydrogen-bond donors (Lipinski definition) is 4. The molecule has 3 unspecified atom stereocenters. The molecule has 5 amide bonds. The molecule has 1 saturated heterocycles. The summed E-state index contributed by atoms with van der Waals surface area (Å²) < 4.78 is 25.0. The summed E-state index contributed by atoms with van der Waals surface area (Å²) in [6.07, 6.45) is 6.51. The minimum Gasteiger partial charge on any atom is -0.363 e. The molecule has 4 rings (SSSR count). The molecule has 13 heteroatoms. The molecule has 0 aromatic carbocycles. The standard InChI is InChI=1S/C33H55N5O7S/c1-18(2)23(17-46(44,45)32(3,4)5)36-31(43)37-25(20-11-9-8-10-12-20)30(42)38-16-21-24(33(21,6)7)26(38)29(41)35-22(15-19-13-14-19)27(39)28(34)40/h18-26H,8-17H2,1-7H3,(H2,34,40)(H,35,41)(H2,36,37,43)/t21?,22?,23-,24-,25+,26?/m1/s1. The summed E-state index contributed by atoms with van der Waals surface area (Å²) in [7, 11) is -3.54. The molecule has 0 aromatic rings. The van der Waals surface area contributed by atoms with Crippen molar-refractivity contribution in [2.75, 3.05) is 12.3 Å².